The fraction of sp³-hybridized carbons (Fsp3) is 0.364. The van der Waals surface area contributed by atoms with E-state index in [4.69, 9.17) is 26.4 Å². The Hall–Kier alpha value is -2.89. The fourth-order valence-electron chi connectivity index (χ4n) is 3.16. The smallest absolute Gasteiger partial charge is 0.323 e. The molecule has 1 unspecified atom stereocenters. The molecular formula is C22H27N3O6S2. The van der Waals surface area contributed by atoms with E-state index in [9.17, 15) is 13.2 Å². The molecule has 0 bridgehead atoms. The second kappa shape index (κ2) is 11.3. The number of esters is 1. The average molecular weight is 494 g/mol. The van der Waals surface area contributed by atoms with Gasteiger partial charge in [0.05, 0.1) is 12.0 Å². The summed E-state index contributed by atoms with van der Waals surface area (Å²) < 4.78 is 43.1. The quantitative estimate of drug-likeness (QED) is 0.261. The van der Waals surface area contributed by atoms with Crippen LogP contribution in [0.1, 0.15) is 24.8 Å². The summed E-state index contributed by atoms with van der Waals surface area (Å²) in [5, 5.41) is 6.60. The Morgan fingerprint density at radius 2 is 1.85 bits per heavy atom. The van der Waals surface area contributed by atoms with E-state index in [1.54, 1.807) is 24.3 Å². The zero-order chi connectivity index (χ0) is 23.8. The molecule has 2 aromatic carbocycles. The van der Waals surface area contributed by atoms with E-state index in [1.165, 1.54) is 19.2 Å². The van der Waals surface area contributed by atoms with Gasteiger partial charge in [-0.1, -0.05) is 17.7 Å². The van der Waals surface area contributed by atoms with Crippen molar-refractivity contribution in [2.24, 2.45) is 0 Å². The van der Waals surface area contributed by atoms with Crippen LogP contribution < -0.4 is 24.8 Å². The molecule has 1 heterocycles. The molecule has 3 N–H and O–H groups in total. The van der Waals surface area contributed by atoms with Crippen LogP contribution in [0.5, 0.6) is 11.5 Å². The van der Waals surface area contributed by atoms with E-state index in [2.05, 4.69) is 15.4 Å². The third kappa shape index (κ3) is 7.04. The van der Waals surface area contributed by atoms with Crippen molar-refractivity contribution in [2.45, 2.75) is 37.1 Å². The summed E-state index contributed by atoms with van der Waals surface area (Å²) in [7, 11) is -2.61. The molecule has 33 heavy (non-hydrogen) atoms. The van der Waals surface area contributed by atoms with Crippen LogP contribution in [0.25, 0.3) is 0 Å². The van der Waals surface area contributed by atoms with Crippen molar-refractivity contribution in [1.29, 1.82) is 0 Å². The van der Waals surface area contributed by atoms with Crippen LogP contribution >= 0.6 is 12.2 Å². The number of anilines is 1. The van der Waals surface area contributed by atoms with Gasteiger partial charge in [0, 0.05) is 18.3 Å². The summed E-state index contributed by atoms with van der Waals surface area (Å²) in [5.41, 5.74) is 1.71. The van der Waals surface area contributed by atoms with Crippen molar-refractivity contribution in [2.75, 3.05) is 25.8 Å². The Morgan fingerprint density at radius 1 is 1.12 bits per heavy atom. The van der Waals surface area contributed by atoms with Crippen molar-refractivity contribution in [3.05, 3.63) is 48.0 Å². The Morgan fingerprint density at radius 3 is 2.58 bits per heavy atom. The minimum Gasteiger partial charge on any atom is -0.468 e. The summed E-state index contributed by atoms with van der Waals surface area (Å²) in [4.78, 5) is 12.2. The second-order valence-corrected chi connectivity index (χ2v) is 9.58. The van der Waals surface area contributed by atoms with Crippen LogP contribution in [0.4, 0.5) is 5.69 Å². The molecular weight excluding hydrogens is 466 g/mol. The fourth-order valence-corrected chi connectivity index (χ4v) is 4.60. The van der Waals surface area contributed by atoms with Gasteiger partial charge in [-0.15, -0.1) is 0 Å². The first-order valence-corrected chi connectivity index (χ1v) is 12.3. The molecule has 1 aliphatic rings. The van der Waals surface area contributed by atoms with Gasteiger partial charge in [-0.3, -0.25) is 4.79 Å². The molecule has 2 aromatic rings. The highest BCUT2D eigenvalue weighted by molar-refractivity contribution is 7.89. The van der Waals surface area contributed by atoms with Gasteiger partial charge >= 0.3 is 5.97 Å². The van der Waals surface area contributed by atoms with E-state index in [0.29, 0.717) is 42.4 Å². The van der Waals surface area contributed by atoms with Crippen LogP contribution in [-0.4, -0.2) is 46.0 Å². The summed E-state index contributed by atoms with van der Waals surface area (Å²) in [6, 6.07) is 10.9. The number of nitrogens with one attached hydrogen (secondary N) is 3. The van der Waals surface area contributed by atoms with E-state index in [1.807, 2.05) is 13.0 Å². The first-order chi connectivity index (χ1) is 15.8. The molecule has 11 heteroatoms. The Labute approximate surface area is 198 Å². The molecule has 1 aliphatic heterocycles. The molecule has 0 radical (unpaired) electrons. The molecule has 0 aliphatic carbocycles. The lowest BCUT2D eigenvalue weighted by molar-refractivity contribution is -0.142. The molecule has 0 saturated heterocycles. The third-order valence-electron chi connectivity index (χ3n) is 4.95. The van der Waals surface area contributed by atoms with Gasteiger partial charge in [0.15, 0.2) is 16.6 Å². The standard InChI is InChI=1S/C22H27N3O6S2/c1-15-6-9-17(10-7-15)33(27,28)25-18(21(26)29-2)5-3-4-12-23-22(32)24-16-8-11-19-20(13-16)31-14-30-19/h6-11,13,18,25H,3-5,12,14H2,1-2H3,(H2,23,24,32). The van der Waals surface area contributed by atoms with Crippen molar-refractivity contribution >= 4 is 39.0 Å². The van der Waals surface area contributed by atoms with E-state index < -0.39 is 22.0 Å². The number of carbonyl (C=O) groups excluding carboxylic acids is 1. The predicted molar refractivity (Wildman–Crippen MR) is 128 cm³/mol. The summed E-state index contributed by atoms with van der Waals surface area (Å²) >= 11 is 5.30. The largest absolute Gasteiger partial charge is 0.468 e. The second-order valence-electron chi connectivity index (χ2n) is 7.45. The van der Waals surface area contributed by atoms with Gasteiger partial charge in [0.25, 0.3) is 0 Å². The number of benzene rings is 2. The van der Waals surface area contributed by atoms with Gasteiger partial charge in [0.2, 0.25) is 16.8 Å². The lowest BCUT2D eigenvalue weighted by Crippen LogP contribution is -2.41. The number of sulfonamides is 1. The molecule has 0 amide bonds. The van der Waals surface area contributed by atoms with Crippen LogP contribution in [0, 0.1) is 6.92 Å². The highest BCUT2D eigenvalue weighted by Gasteiger charge is 2.26. The lowest BCUT2D eigenvalue weighted by atomic mass is 10.1. The van der Waals surface area contributed by atoms with Crippen LogP contribution in [-0.2, 0) is 19.6 Å². The van der Waals surface area contributed by atoms with Crippen molar-refractivity contribution < 1.29 is 27.4 Å². The molecule has 3 rings (SSSR count). The molecule has 0 aromatic heterocycles. The Bertz CT molecular complexity index is 1090. The normalized spacial score (nSPS) is 13.3. The molecule has 0 saturated carbocycles. The SMILES string of the molecule is COC(=O)C(CCCCNC(=S)Nc1ccc2c(c1)OCO2)NS(=O)(=O)c1ccc(C)cc1. The zero-order valence-electron chi connectivity index (χ0n) is 18.4. The molecule has 0 spiro atoms. The number of hydrogen-bond acceptors (Lipinski definition) is 7. The topological polar surface area (TPSA) is 115 Å². The number of fused-ring (bicyclic) bond motifs is 1. The van der Waals surface area contributed by atoms with E-state index in [0.717, 1.165) is 11.3 Å². The maximum absolute atomic E-state index is 12.6. The van der Waals surface area contributed by atoms with Crippen LogP contribution in [0.15, 0.2) is 47.4 Å². The molecule has 1 atom stereocenters. The van der Waals surface area contributed by atoms with Crippen molar-refractivity contribution in [3.63, 3.8) is 0 Å². The average Bonchev–Trinajstić information content (AvgIpc) is 3.25. The highest BCUT2D eigenvalue weighted by Crippen LogP contribution is 2.34. The predicted octanol–water partition coefficient (Wildman–Crippen LogP) is 2.70. The monoisotopic (exact) mass is 493 g/mol. The van der Waals surface area contributed by atoms with Gasteiger partial charge in [-0.05, 0) is 62.7 Å². The highest BCUT2D eigenvalue weighted by atomic mass is 32.2. The van der Waals surface area contributed by atoms with Gasteiger partial charge < -0.3 is 24.8 Å². The number of hydrogen-bond donors (Lipinski definition) is 3. The maximum atomic E-state index is 12.6. The number of methoxy groups -OCH3 is 1. The number of unbranched alkanes of at least 4 members (excludes halogenated alkanes) is 1. The number of thiocarbonyl (C=S) groups is 1. The maximum Gasteiger partial charge on any atom is 0.323 e. The summed E-state index contributed by atoms with van der Waals surface area (Å²) in [5.74, 6) is 0.723. The number of ether oxygens (including phenoxy) is 3. The number of rotatable bonds is 10. The summed E-state index contributed by atoms with van der Waals surface area (Å²) in [6.07, 6.45) is 1.54. The molecule has 9 nitrogen and oxygen atoms in total. The van der Waals surface area contributed by atoms with Gasteiger partial charge in [-0.25, -0.2) is 8.42 Å². The minimum absolute atomic E-state index is 0.101. The van der Waals surface area contributed by atoms with Crippen LogP contribution in [0.2, 0.25) is 0 Å². The molecule has 0 fully saturated rings. The Kier molecular flexibility index (Phi) is 8.48. The third-order valence-corrected chi connectivity index (χ3v) is 6.68. The van der Waals surface area contributed by atoms with Crippen molar-refractivity contribution in [3.8, 4) is 11.5 Å². The van der Waals surface area contributed by atoms with E-state index >= 15 is 0 Å². The van der Waals surface area contributed by atoms with Gasteiger partial charge in [-0.2, -0.15) is 4.72 Å². The van der Waals surface area contributed by atoms with E-state index in [-0.39, 0.29) is 11.7 Å². The van der Waals surface area contributed by atoms with Gasteiger partial charge in [0.1, 0.15) is 6.04 Å². The molecule has 178 valence electrons. The first-order valence-electron chi connectivity index (χ1n) is 10.4. The van der Waals surface area contributed by atoms with Crippen molar-refractivity contribution in [1.82, 2.24) is 10.0 Å². The van der Waals surface area contributed by atoms with Crippen LogP contribution in [0.3, 0.4) is 0 Å². The lowest BCUT2D eigenvalue weighted by Gasteiger charge is -2.17. The number of carbonyl (C=O) groups is 1. The summed E-state index contributed by atoms with van der Waals surface area (Å²) in [6.45, 7) is 2.62. The first kappa shape index (κ1) is 24.7. The minimum atomic E-state index is -3.84. The Balaban J connectivity index is 1.44. The zero-order valence-corrected chi connectivity index (χ0v) is 20.1. The number of aryl methyl sites for hydroxylation is 1.